The smallest absolute Gasteiger partial charge is 0.211 e. The Morgan fingerprint density at radius 3 is 1.00 bits per heavy atom. The predicted octanol–water partition coefficient (Wildman–Crippen LogP) is 24.1. The average molecular weight is 1520 g/mol. The maximum absolute atomic E-state index is 12.0. The second kappa shape index (κ2) is 29.0. The Kier molecular flexibility index (Phi) is 17.7. The Balaban J connectivity index is 0.857. The van der Waals surface area contributed by atoms with Crippen LogP contribution in [0.3, 0.4) is 0 Å². The third kappa shape index (κ3) is 11.2. The molecule has 2 aromatic heterocycles. The van der Waals surface area contributed by atoms with Crippen molar-refractivity contribution in [2.45, 2.75) is 39.5 Å². The summed E-state index contributed by atoms with van der Waals surface area (Å²) in [6.45, 7) is 18.6. The van der Waals surface area contributed by atoms with Gasteiger partial charge in [0.15, 0.2) is 27.3 Å². The highest BCUT2D eigenvalue weighted by Gasteiger charge is 2.44. The molecule has 0 aliphatic rings. The summed E-state index contributed by atoms with van der Waals surface area (Å²) in [6, 6.07) is 144. The molecule has 0 N–H and O–H groups in total. The number of nitrogens with zero attached hydrogens (tertiary/aromatic N) is 4. The number of rotatable bonds is 18. The fourth-order valence-electron chi connectivity index (χ4n) is 19.0. The van der Waals surface area contributed by atoms with Gasteiger partial charge in [-0.1, -0.05) is 373 Å². The van der Waals surface area contributed by atoms with Crippen LogP contribution < -0.4 is 51.3 Å². The minimum atomic E-state index is -2.95. The average Bonchev–Trinajstić information content (AvgIpc) is 0.740. The van der Waals surface area contributed by atoms with E-state index in [0.29, 0.717) is 22.4 Å². The lowest BCUT2D eigenvalue weighted by Crippen LogP contribution is -2.74. The van der Waals surface area contributed by atoms with Gasteiger partial charge in [-0.2, -0.15) is 5.26 Å². The molecule has 0 saturated heterocycles. The Bertz CT molecular complexity index is 6590. The van der Waals surface area contributed by atoms with Crippen molar-refractivity contribution < 1.29 is 8.83 Å². The van der Waals surface area contributed by atoms with E-state index in [1.165, 1.54) is 47.1 Å². The number of hydrogen-bond donors (Lipinski definition) is 0. The molecule has 8 heteroatoms. The molecule has 116 heavy (non-hydrogen) atoms. The summed E-state index contributed by atoms with van der Waals surface area (Å²) in [5, 5.41) is 32.5. The molecular formula is C108H78N4O2Si2. The van der Waals surface area contributed by atoms with E-state index in [1.54, 1.807) is 0 Å². The van der Waals surface area contributed by atoms with Crippen molar-refractivity contribution in [3.8, 4) is 28.3 Å². The number of fused-ring (bicyclic) bond motifs is 6. The van der Waals surface area contributed by atoms with E-state index in [9.17, 15) is 11.8 Å². The number of para-hydroxylation sites is 6. The minimum absolute atomic E-state index is 0.0526. The van der Waals surface area contributed by atoms with E-state index >= 15 is 0 Å². The SMILES string of the molecule is [C-]#[N+]c1cccc(-c2ccc([Si](c3ccccc3)(c3ccccc3)c3ccccc3)cc2)c1N(c1cc2c(C(C)C)ccc3c(N(c4c(C#N)cccc4-c4ccc([Si](c5ccccc5)(c5ccccc5)c5ccccc5)cc4)c4cccc5c4oc4ccccc45)cc4c(C(C)C)ccc1c4c23)c1cccc2c1oc1ccccc12. The molecular weight excluding hydrogens is 1440 g/mol. The highest BCUT2D eigenvalue weighted by atomic mass is 28.3. The minimum Gasteiger partial charge on any atom is -0.454 e. The summed E-state index contributed by atoms with van der Waals surface area (Å²) in [6.07, 6.45) is 0. The highest BCUT2D eigenvalue weighted by Crippen LogP contribution is 2.57. The van der Waals surface area contributed by atoms with Crippen LogP contribution in [0.25, 0.3) is 103 Å². The molecule has 20 aromatic rings. The first kappa shape index (κ1) is 70.7. The van der Waals surface area contributed by atoms with Crippen LogP contribution in [0.2, 0.25) is 0 Å². The van der Waals surface area contributed by atoms with Gasteiger partial charge in [0.05, 0.1) is 46.3 Å². The quantitative estimate of drug-likeness (QED) is 0.0371. The molecule has 0 radical (unpaired) electrons. The van der Waals surface area contributed by atoms with Crippen molar-refractivity contribution in [2.24, 2.45) is 0 Å². The molecule has 18 aromatic carbocycles. The number of furan rings is 2. The first-order valence-electron chi connectivity index (χ1n) is 39.9. The van der Waals surface area contributed by atoms with E-state index < -0.39 is 16.1 Å². The van der Waals surface area contributed by atoms with Crippen molar-refractivity contribution in [2.75, 3.05) is 9.80 Å². The van der Waals surface area contributed by atoms with Crippen LogP contribution in [0.15, 0.2) is 397 Å². The Hall–Kier alpha value is -14.4. The van der Waals surface area contributed by atoms with Gasteiger partial charge < -0.3 is 18.6 Å². The van der Waals surface area contributed by atoms with Gasteiger partial charge >= 0.3 is 0 Å². The van der Waals surface area contributed by atoms with E-state index in [1.807, 2.05) is 48.5 Å². The van der Waals surface area contributed by atoms with Crippen molar-refractivity contribution >= 4 is 174 Å². The summed E-state index contributed by atoms with van der Waals surface area (Å²) in [4.78, 5) is 9.28. The van der Waals surface area contributed by atoms with Crippen LogP contribution in [-0.2, 0) is 0 Å². The molecule has 2 heterocycles. The van der Waals surface area contributed by atoms with E-state index in [4.69, 9.17) is 8.83 Å². The van der Waals surface area contributed by atoms with Crippen molar-refractivity contribution in [3.63, 3.8) is 0 Å². The molecule has 0 aliphatic carbocycles. The molecule has 0 bridgehead atoms. The third-order valence-corrected chi connectivity index (χ3v) is 33.7. The van der Waals surface area contributed by atoms with Gasteiger partial charge in [0.1, 0.15) is 17.2 Å². The fourth-order valence-corrected chi connectivity index (χ4v) is 28.5. The van der Waals surface area contributed by atoms with E-state index in [-0.39, 0.29) is 11.8 Å². The zero-order chi connectivity index (χ0) is 78.2. The van der Waals surface area contributed by atoms with Gasteiger partial charge in [-0.3, -0.25) is 0 Å². The molecule has 550 valence electrons. The number of nitriles is 1. The zero-order valence-corrected chi connectivity index (χ0v) is 66.7. The summed E-state index contributed by atoms with van der Waals surface area (Å²) in [5.41, 5.74) is 14.8. The molecule has 0 atom stereocenters. The van der Waals surface area contributed by atoms with Crippen LogP contribution >= 0.6 is 0 Å². The lowest BCUT2D eigenvalue weighted by atomic mass is 9.83. The van der Waals surface area contributed by atoms with Gasteiger partial charge in [-0.25, -0.2) is 4.85 Å². The largest absolute Gasteiger partial charge is 0.454 e. The van der Waals surface area contributed by atoms with Gasteiger partial charge in [0, 0.05) is 37.9 Å². The summed E-state index contributed by atoms with van der Waals surface area (Å²) < 4.78 is 14.4. The molecule has 0 unspecified atom stereocenters. The van der Waals surface area contributed by atoms with Crippen LogP contribution in [0.4, 0.5) is 39.8 Å². The molecule has 0 saturated carbocycles. The predicted molar refractivity (Wildman–Crippen MR) is 491 cm³/mol. The lowest BCUT2D eigenvalue weighted by molar-refractivity contribution is 0.669. The summed E-state index contributed by atoms with van der Waals surface area (Å²) >= 11 is 0. The summed E-state index contributed by atoms with van der Waals surface area (Å²) in [5.74, 6) is 0.106. The van der Waals surface area contributed by atoms with Gasteiger partial charge in [0.2, 0.25) is 5.69 Å². The van der Waals surface area contributed by atoms with Gasteiger partial charge in [-0.05, 0) is 145 Å². The van der Waals surface area contributed by atoms with E-state index in [2.05, 4.69) is 388 Å². The highest BCUT2D eigenvalue weighted by molar-refractivity contribution is 7.20. The zero-order valence-electron chi connectivity index (χ0n) is 64.7. The molecule has 0 aliphatic heterocycles. The van der Waals surface area contributed by atoms with Crippen molar-refractivity contribution in [1.29, 1.82) is 5.26 Å². The van der Waals surface area contributed by atoms with Crippen molar-refractivity contribution in [3.05, 3.63) is 416 Å². The molecule has 6 nitrogen and oxygen atoms in total. The Morgan fingerprint density at radius 1 is 0.302 bits per heavy atom. The lowest BCUT2D eigenvalue weighted by Gasteiger charge is -2.35. The molecule has 0 amide bonds. The number of anilines is 6. The number of benzene rings is 18. The van der Waals surface area contributed by atoms with Gasteiger partial charge in [-0.15, -0.1) is 0 Å². The van der Waals surface area contributed by atoms with Crippen LogP contribution in [0.5, 0.6) is 0 Å². The summed E-state index contributed by atoms with van der Waals surface area (Å²) in [7, 11) is -5.90. The Labute approximate surface area is 677 Å². The molecule has 0 fully saturated rings. The van der Waals surface area contributed by atoms with E-state index in [0.717, 1.165) is 127 Å². The first-order chi connectivity index (χ1) is 57.1. The molecule has 0 spiro atoms. The van der Waals surface area contributed by atoms with Crippen molar-refractivity contribution in [1.82, 2.24) is 0 Å². The third-order valence-electron chi connectivity index (χ3n) is 24.1. The second-order valence-electron chi connectivity index (χ2n) is 31.0. The maximum atomic E-state index is 12.0. The number of hydrogen-bond acceptors (Lipinski definition) is 5. The van der Waals surface area contributed by atoms with Crippen LogP contribution in [0.1, 0.15) is 56.2 Å². The second-order valence-corrected chi connectivity index (χ2v) is 38.6. The standard InChI is InChI=1S/C108H78N4O2Si2/c1-71(2)84-65-67-93-100(112(98-53-31-50-91-89-46-25-27-55-102(89)114-108(91)98)106-87(48-29-51-96(106)110-5)74-58-62-83(63-59-74)116(79-39-18-9-19-40-79,80-41-20-10-21-42-80)81-43-22-11-23-44-81)69-95-85(72(3)4)64-66-92-99(68-94(84)104(93)103(92)95)111(97-52-30-49-90-88-45-24-26-54-101(88)113-107(90)97)105-75(70-109)32-28-47-86(105)73-56-60-82(61-57-73)115(76-33-12-6-13-34-76,77-35-14-7-15-36-77)78-37-16-8-17-38-78/h6-69,71-72H,1-4H3. The van der Waals surface area contributed by atoms with Gasteiger partial charge in [0.25, 0.3) is 0 Å². The molecule has 20 rings (SSSR count). The normalized spacial score (nSPS) is 11.9. The maximum Gasteiger partial charge on any atom is 0.211 e. The first-order valence-corrected chi connectivity index (χ1v) is 43.9. The Morgan fingerprint density at radius 2 is 0.629 bits per heavy atom. The van der Waals surface area contributed by atoms with Crippen LogP contribution in [0, 0.1) is 17.9 Å². The monoisotopic (exact) mass is 1520 g/mol. The topological polar surface area (TPSA) is 60.9 Å². The van der Waals surface area contributed by atoms with Crippen LogP contribution in [-0.4, -0.2) is 16.1 Å². The fraction of sp³-hybridized carbons (Fsp3) is 0.0556.